The lowest BCUT2D eigenvalue weighted by atomic mass is 10.0. The Bertz CT molecular complexity index is 849. The molecule has 2 aromatic rings. The standard InChI is InChI=1S/C17H20N2O2/c1-19-11-6-7-12(19)9-13(8-11)21-17(20)15-10-18-16-5-3-2-4-14(15)16/h2-5,10-13,18H,6-9H2,1H3/t11-,12+,13?/i1D3,3D,4D. The number of hydrogen-bond acceptors (Lipinski definition) is 3. The molecule has 2 aliphatic heterocycles. The number of benzene rings is 1. The van der Waals surface area contributed by atoms with Crippen molar-refractivity contribution in [2.45, 2.75) is 43.9 Å². The summed E-state index contributed by atoms with van der Waals surface area (Å²) in [6, 6.07) is 3.11. The first-order chi connectivity index (χ1) is 12.2. The first kappa shape index (κ1) is 8.59. The molecular weight excluding hydrogens is 264 g/mol. The average molecular weight is 289 g/mol. The van der Waals surface area contributed by atoms with E-state index in [9.17, 15) is 4.79 Å². The molecule has 1 N–H and O–H groups in total. The number of H-pyrrole nitrogens is 1. The molecule has 0 spiro atoms. The van der Waals surface area contributed by atoms with Crippen molar-refractivity contribution in [1.82, 2.24) is 9.88 Å². The first-order valence-corrected chi connectivity index (χ1v) is 7.32. The van der Waals surface area contributed by atoms with Gasteiger partial charge in [-0.15, -0.1) is 0 Å². The Labute approximate surface area is 131 Å². The Kier molecular flexibility index (Phi) is 2.00. The van der Waals surface area contributed by atoms with Crippen LogP contribution in [0, 0.1) is 0 Å². The minimum absolute atomic E-state index is 0.0837. The van der Waals surface area contributed by atoms with Gasteiger partial charge in [0.2, 0.25) is 0 Å². The topological polar surface area (TPSA) is 45.3 Å². The smallest absolute Gasteiger partial charge is 0.340 e. The lowest BCUT2D eigenvalue weighted by Crippen LogP contribution is -2.43. The number of ether oxygens (including phenoxy) is 1. The zero-order chi connectivity index (χ0) is 18.6. The SMILES string of the molecule is [2H]c1cc([2H])c2c(C(=O)OC3C[C@H]4CC[C@@H](C3)N4C([2H])([2H])[2H])c[nH]c2c1. The van der Waals surface area contributed by atoms with Crippen molar-refractivity contribution in [1.29, 1.82) is 0 Å². The highest BCUT2D eigenvalue weighted by molar-refractivity contribution is 6.04. The number of piperidine rings is 1. The summed E-state index contributed by atoms with van der Waals surface area (Å²) in [7, 11) is 0. The minimum Gasteiger partial charge on any atom is -0.459 e. The van der Waals surface area contributed by atoms with Gasteiger partial charge >= 0.3 is 5.97 Å². The normalized spacial score (nSPS) is 33.0. The van der Waals surface area contributed by atoms with Gasteiger partial charge in [0.05, 0.1) is 8.30 Å². The van der Waals surface area contributed by atoms with Crippen molar-refractivity contribution in [2.24, 2.45) is 0 Å². The molecule has 2 fully saturated rings. The number of hydrogen-bond donors (Lipinski definition) is 1. The van der Waals surface area contributed by atoms with Crippen LogP contribution in [0.15, 0.2) is 30.4 Å². The predicted octanol–water partition coefficient (Wildman–Crippen LogP) is 2.95. The van der Waals surface area contributed by atoms with Gasteiger partial charge in [-0.05, 0) is 25.9 Å². The lowest BCUT2D eigenvalue weighted by Gasteiger charge is -2.35. The molecule has 1 aromatic heterocycles. The molecule has 3 atom stereocenters. The number of nitrogens with zero attached hydrogens (tertiary/aromatic N) is 1. The van der Waals surface area contributed by atoms with Gasteiger partial charge in [0.25, 0.3) is 0 Å². The molecule has 1 unspecified atom stereocenters. The summed E-state index contributed by atoms with van der Waals surface area (Å²) < 4.78 is 44.4. The van der Waals surface area contributed by atoms with Crippen LogP contribution in [0.2, 0.25) is 0 Å². The second kappa shape index (κ2) is 4.88. The van der Waals surface area contributed by atoms with E-state index in [2.05, 4.69) is 4.98 Å². The number of fused-ring (bicyclic) bond motifs is 3. The van der Waals surface area contributed by atoms with Crippen LogP contribution in [0.3, 0.4) is 0 Å². The quantitative estimate of drug-likeness (QED) is 0.865. The number of carbonyl (C=O) groups excluding carboxylic acids is 1. The second-order valence-corrected chi connectivity index (χ2v) is 5.88. The first-order valence-electron chi connectivity index (χ1n) is 9.82. The zero-order valence-electron chi connectivity index (χ0n) is 16.6. The van der Waals surface area contributed by atoms with Crippen LogP contribution in [-0.2, 0) is 4.74 Å². The Hall–Kier alpha value is -1.81. The molecular formula is C17H20N2O2. The van der Waals surface area contributed by atoms with Crippen molar-refractivity contribution in [3.8, 4) is 0 Å². The van der Waals surface area contributed by atoms with E-state index in [0.29, 0.717) is 23.7 Å². The van der Waals surface area contributed by atoms with Crippen molar-refractivity contribution in [2.75, 3.05) is 6.98 Å². The van der Waals surface area contributed by atoms with Crippen LogP contribution in [-0.4, -0.2) is 41.0 Å². The molecule has 4 heteroatoms. The van der Waals surface area contributed by atoms with E-state index in [1.54, 1.807) is 11.0 Å². The van der Waals surface area contributed by atoms with Crippen LogP contribution in [0.1, 0.15) is 42.9 Å². The van der Waals surface area contributed by atoms with Gasteiger partial charge in [-0.2, -0.15) is 0 Å². The summed E-state index contributed by atoms with van der Waals surface area (Å²) in [4.78, 5) is 17.2. The number of aromatic amines is 1. The van der Waals surface area contributed by atoms with Crippen LogP contribution in [0.25, 0.3) is 10.9 Å². The number of para-hydroxylation sites is 1. The monoisotopic (exact) mass is 289 g/mol. The Balaban J connectivity index is 1.52. The number of aromatic nitrogens is 1. The van der Waals surface area contributed by atoms with Crippen molar-refractivity contribution in [3.05, 3.63) is 36.0 Å². The van der Waals surface area contributed by atoms with Gasteiger partial charge in [-0.25, -0.2) is 4.79 Å². The van der Waals surface area contributed by atoms with Crippen LogP contribution >= 0.6 is 0 Å². The van der Waals surface area contributed by atoms with E-state index in [1.807, 2.05) is 0 Å². The summed E-state index contributed by atoms with van der Waals surface area (Å²) in [6.07, 6.45) is 3.87. The summed E-state index contributed by atoms with van der Waals surface area (Å²) >= 11 is 0. The highest BCUT2D eigenvalue weighted by atomic mass is 16.5. The molecule has 0 amide bonds. The third-order valence-corrected chi connectivity index (χ3v) is 4.62. The molecule has 3 heterocycles. The molecule has 2 aliphatic rings. The van der Waals surface area contributed by atoms with E-state index in [0.717, 1.165) is 12.8 Å². The van der Waals surface area contributed by atoms with Gasteiger partial charge in [0, 0.05) is 46.1 Å². The predicted molar refractivity (Wildman–Crippen MR) is 81.3 cm³/mol. The van der Waals surface area contributed by atoms with E-state index in [4.69, 9.17) is 11.6 Å². The van der Waals surface area contributed by atoms with Crippen LogP contribution in [0.4, 0.5) is 0 Å². The number of esters is 1. The molecule has 4 nitrogen and oxygen atoms in total. The molecule has 0 saturated carbocycles. The maximum atomic E-state index is 12.6. The molecule has 0 radical (unpaired) electrons. The molecule has 110 valence electrons. The zero-order valence-corrected chi connectivity index (χ0v) is 11.6. The summed E-state index contributed by atoms with van der Waals surface area (Å²) in [5.74, 6) is -0.505. The third kappa shape index (κ3) is 2.14. The Morgan fingerprint density at radius 2 is 2.29 bits per heavy atom. The third-order valence-electron chi connectivity index (χ3n) is 4.62. The van der Waals surface area contributed by atoms with Gasteiger partial charge in [0.1, 0.15) is 6.10 Å². The van der Waals surface area contributed by atoms with Gasteiger partial charge in [0.15, 0.2) is 0 Å². The van der Waals surface area contributed by atoms with Gasteiger partial charge in [-0.3, -0.25) is 0 Å². The summed E-state index contributed by atoms with van der Waals surface area (Å²) in [5, 5.41) is 0.453. The fourth-order valence-electron chi connectivity index (χ4n) is 3.55. The lowest BCUT2D eigenvalue weighted by molar-refractivity contribution is -0.000258. The Morgan fingerprint density at radius 3 is 3.05 bits per heavy atom. The molecule has 0 aliphatic carbocycles. The number of rotatable bonds is 2. The van der Waals surface area contributed by atoms with E-state index in [1.165, 1.54) is 12.3 Å². The molecule has 2 saturated heterocycles. The number of carbonyl (C=O) groups is 1. The fraction of sp³-hybridized carbons (Fsp3) is 0.471. The number of nitrogens with one attached hydrogen (secondary N) is 1. The van der Waals surface area contributed by atoms with E-state index in [-0.39, 0.29) is 35.8 Å². The molecule has 4 rings (SSSR count). The summed E-state index contributed by atoms with van der Waals surface area (Å²) in [5.41, 5.74) is 0.849. The van der Waals surface area contributed by atoms with Crippen molar-refractivity contribution >= 4 is 16.9 Å². The van der Waals surface area contributed by atoms with Crippen LogP contribution < -0.4 is 0 Å². The van der Waals surface area contributed by atoms with Crippen LogP contribution in [0.5, 0.6) is 0 Å². The second-order valence-electron chi connectivity index (χ2n) is 5.88. The van der Waals surface area contributed by atoms with Gasteiger partial charge < -0.3 is 14.6 Å². The maximum Gasteiger partial charge on any atom is 0.340 e. The highest BCUT2D eigenvalue weighted by Crippen LogP contribution is 2.35. The largest absolute Gasteiger partial charge is 0.459 e. The molecule has 21 heavy (non-hydrogen) atoms. The maximum absolute atomic E-state index is 12.6. The van der Waals surface area contributed by atoms with Crippen molar-refractivity contribution < 1.29 is 16.4 Å². The van der Waals surface area contributed by atoms with Crippen molar-refractivity contribution in [3.63, 3.8) is 0 Å². The summed E-state index contributed by atoms with van der Waals surface area (Å²) in [6.45, 7) is -2.11. The minimum atomic E-state index is -2.11. The van der Waals surface area contributed by atoms with E-state index < -0.39 is 12.9 Å². The fourth-order valence-corrected chi connectivity index (χ4v) is 3.55. The Morgan fingerprint density at radius 1 is 1.48 bits per heavy atom. The van der Waals surface area contributed by atoms with E-state index >= 15 is 0 Å². The molecule has 2 bridgehead atoms. The van der Waals surface area contributed by atoms with Gasteiger partial charge in [-0.1, -0.05) is 18.2 Å². The molecule has 1 aromatic carbocycles. The average Bonchev–Trinajstić information content (AvgIpc) is 3.07. The highest BCUT2D eigenvalue weighted by Gasteiger charge is 2.40.